The molecule has 0 aliphatic carbocycles. The first kappa shape index (κ1) is 15.2. The van der Waals surface area contributed by atoms with Gasteiger partial charge >= 0.3 is 5.97 Å². The molecule has 1 unspecified atom stereocenters. The maximum absolute atomic E-state index is 10.4. The Labute approximate surface area is 98.9 Å². The van der Waals surface area contributed by atoms with Gasteiger partial charge in [-0.25, -0.2) is 4.79 Å². The Morgan fingerprint density at radius 2 is 2.06 bits per heavy atom. The van der Waals surface area contributed by atoms with Crippen LogP contribution in [0.2, 0.25) is 0 Å². The summed E-state index contributed by atoms with van der Waals surface area (Å²) in [6.45, 7) is 6.87. The molecule has 0 fully saturated rings. The van der Waals surface area contributed by atoms with Gasteiger partial charge in [-0.2, -0.15) is 0 Å². The predicted octanol–water partition coefficient (Wildman–Crippen LogP) is 2.97. The maximum atomic E-state index is 10.4. The number of nitrogens with one attached hydrogen (secondary N) is 1. The second-order valence-electron chi connectivity index (χ2n) is 4.46. The Hall–Kier alpha value is -0.830. The van der Waals surface area contributed by atoms with E-state index in [-0.39, 0.29) is 0 Å². The van der Waals surface area contributed by atoms with Gasteiger partial charge in [0.15, 0.2) is 0 Å². The summed E-state index contributed by atoms with van der Waals surface area (Å²) in [4.78, 5) is 10.4. The van der Waals surface area contributed by atoms with Crippen molar-refractivity contribution in [2.24, 2.45) is 0 Å². The number of hydrogen-bond donors (Lipinski definition) is 2. The van der Waals surface area contributed by atoms with E-state index in [0.29, 0.717) is 12.6 Å². The SMILES string of the molecule is CCCCCCC(C)NCC(C)=CC(=O)O. The maximum Gasteiger partial charge on any atom is 0.328 e. The molecule has 0 aromatic carbocycles. The topological polar surface area (TPSA) is 49.3 Å². The minimum atomic E-state index is -0.866. The minimum Gasteiger partial charge on any atom is -0.478 e. The summed E-state index contributed by atoms with van der Waals surface area (Å²) in [5.74, 6) is -0.866. The quantitative estimate of drug-likeness (QED) is 0.470. The van der Waals surface area contributed by atoms with E-state index in [1.165, 1.54) is 38.2 Å². The van der Waals surface area contributed by atoms with E-state index in [0.717, 1.165) is 5.57 Å². The Morgan fingerprint density at radius 3 is 2.62 bits per heavy atom. The van der Waals surface area contributed by atoms with Crippen LogP contribution in [0.4, 0.5) is 0 Å². The molecule has 0 aromatic rings. The highest BCUT2D eigenvalue weighted by Crippen LogP contribution is 2.05. The summed E-state index contributed by atoms with van der Waals surface area (Å²) < 4.78 is 0. The van der Waals surface area contributed by atoms with E-state index in [1.807, 2.05) is 6.92 Å². The molecule has 0 rings (SSSR count). The summed E-state index contributed by atoms with van der Waals surface area (Å²) >= 11 is 0. The number of carbonyl (C=O) groups is 1. The molecule has 0 saturated heterocycles. The number of aliphatic carboxylic acids is 1. The molecule has 0 radical (unpaired) electrons. The number of carboxylic acids is 1. The van der Waals surface area contributed by atoms with Gasteiger partial charge in [0.1, 0.15) is 0 Å². The second-order valence-corrected chi connectivity index (χ2v) is 4.46. The highest BCUT2D eigenvalue weighted by atomic mass is 16.4. The average Bonchev–Trinajstić information content (AvgIpc) is 2.20. The normalized spacial score (nSPS) is 13.8. The zero-order valence-electron chi connectivity index (χ0n) is 10.8. The zero-order valence-corrected chi connectivity index (χ0v) is 10.8. The first-order chi connectivity index (χ1) is 7.56. The molecule has 16 heavy (non-hydrogen) atoms. The molecule has 0 saturated carbocycles. The van der Waals surface area contributed by atoms with Crippen molar-refractivity contribution in [1.29, 1.82) is 0 Å². The zero-order chi connectivity index (χ0) is 12.4. The lowest BCUT2D eigenvalue weighted by atomic mass is 10.1. The lowest BCUT2D eigenvalue weighted by Crippen LogP contribution is -2.27. The van der Waals surface area contributed by atoms with E-state index in [4.69, 9.17) is 5.11 Å². The van der Waals surface area contributed by atoms with Crippen LogP contribution in [0, 0.1) is 0 Å². The van der Waals surface area contributed by atoms with Crippen molar-refractivity contribution in [3.05, 3.63) is 11.6 Å². The van der Waals surface area contributed by atoms with Crippen molar-refractivity contribution in [1.82, 2.24) is 5.32 Å². The summed E-state index contributed by atoms with van der Waals surface area (Å²) in [6, 6.07) is 0.467. The van der Waals surface area contributed by atoms with E-state index in [2.05, 4.69) is 19.2 Å². The predicted molar refractivity (Wildman–Crippen MR) is 67.6 cm³/mol. The first-order valence-corrected chi connectivity index (χ1v) is 6.19. The van der Waals surface area contributed by atoms with Gasteiger partial charge in [-0.15, -0.1) is 0 Å². The number of unbranched alkanes of at least 4 members (excludes halogenated alkanes) is 3. The van der Waals surface area contributed by atoms with Crippen molar-refractivity contribution in [3.63, 3.8) is 0 Å². The van der Waals surface area contributed by atoms with E-state index in [1.54, 1.807) is 0 Å². The molecule has 2 N–H and O–H groups in total. The third-order valence-corrected chi connectivity index (χ3v) is 2.59. The van der Waals surface area contributed by atoms with Crippen LogP contribution >= 0.6 is 0 Å². The molecule has 3 nitrogen and oxygen atoms in total. The third-order valence-electron chi connectivity index (χ3n) is 2.59. The number of rotatable bonds is 9. The van der Waals surface area contributed by atoms with Gasteiger partial charge in [-0.1, -0.05) is 38.2 Å². The molecule has 0 bridgehead atoms. The summed E-state index contributed by atoms with van der Waals surface area (Å²) in [5, 5.41) is 11.9. The van der Waals surface area contributed by atoms with Gasteiger partial charge in [-0.05, 0) is 20.3 Å². The molecular weight excluding hydrogens is 202 g/mol. The van der Waals surface area contributed by atoms with Gasteiger partial charge < -0.3 is 10.4 Å². The standard InChI is InChI=1S/C13H25NO2/c1-4-5-6-7-8-12(3)14-10-11(2)9-13(15)16/h9,12,14H,4-8,10H2,1-3H3,(H,15,16). The minimum absolute atomic E-state index is 0.467. The molecule has 0 amide bonds. The summed E-state index contributed by atoms with van der Waals surface area (Å²) in [7, 11) is 0. The van der Waals surface area contributed by atoms with Crippen molar-refractivity contribution in [2.75, 3.05) is 6.54 Å². The lowest BCUT2D eigenvalue weighted by Gasteiger charge is -2.13. The fraction of sp³-hybridized carbons (Fsp3) is 0.769. The molecule has 94 valence electrons. The van der Waals surface area contributed by atoms with E-state index >= 15 is 0 Å². The molecule has 0 spiro atoms. The third kappa shape index (κ3) is 9.71. The summed E-state index contributed by atoms with van der Waals surface area (Å²) in [5.41, 5.74) is 0.868. The van der Waals surface area contributed by atoms with Crippen LogP contribution in [0.5, 0.6) is 0 Å². The molecule has 3 heteroatoms. The van der Waals surface area contributed by atoms with Crippen molar-refractivity contribution >= 4 is 5.97 Å². The Morgan fingerprint density at radius 1 is 1.38 bits per heavy atom. The first-order valence-electron chi connectivity index (χ1n) is 6.19. The fourth-order valence-corrected chi connectivity index (χ4v) is 1.58. The number of carboxylic acid groups (broad SMARTS) is 1. The fourth-order valence-electron chi connectivity index (χ4n) is 1.58. The van der Waals surface area contributed by atoms with Crippen LogP contribution in [-0.4, -0.2) is 23.7 Å². The van der Waals surface area contributed by atoms with Gasteiger partial charge in [-0.3, -0.25) is 0 Å². The molecule has 0 aliphatic rings. The second kappa shape index (κ2) is 9.40. The van der Waals surface area contributed by atoms with E-state index in [9.17, 15) is 4.79 Å². The summed E-state index contributed by atoms with van der Waals surface area (Å²) in [6.07, 6.45) is 7.56. The Kier molecular flexibility index (Phi) is 8.91. The van der Waals surface area contributed by atoms with Crippen LogP contribution in [0.15, 0.2) is 11.6 Å². The average molecular weight is 227 g/mol. The van der Waals surface area contributed by atoms with E-state index < -0.39 is 5.97 Å². The van der Waals surface area contributed by atoms with Crippen LogP contribution < -0.4 is 5.32 Å². The Balaban J connectivity index is 3.56. The van der Waals surface area contributed by atoms with Gasteiger partial charge in [0.2, 0.25) is 0 Å². The van der Waals surface area contributed by atoms with Gasteiger partial charge in [0.25, 0.3) is 0 Å². The molecular formula is C13H25NO2. The molecule has 0 aromatic heterocycles. The smallest absolute Gasteiger partial charge is 0.328 e. The van der Waals surface area contributed by atoms with Crippen LogP contribution in [0.1, 0.15) is 52.9 Å². The van der Waals surface area contributed by atoms with Crippen molar-refractivity contribution in [2.45, 2.75) is 58.9 Å². The lowest BCUT2D eigenvalue weighted by molar-refractivity contribution is -0.131. The Bertz CT molecular complexity index is 224. The highest BCUT2D eigenvalue weighted by Gasteiger charge is 2.01. The van der Waals surface area contributed by atoms with Gasteiger partial charge in [0, 0.05) is 18.7 Å². The van der Waals surface area contributed by atoms with Crippen LogP contribution in [0.3, 0.4) is 0 Å². The van der Waals surface area contributed by atoms with Crippen molar-refractivity contribution in [3.8, 4) is 0 Å². The number of hydrogen-bond acceptors (Lipinski definition) is 2. The highest BCUT2D eigenvalue weighted by molar-refractivity contribution is 5.80. The van der Waals surface area contributed by atoms with Crippen LogP contribution in [-0.2, 0) is 4.79 Å². The monoisotopic (exact) mass is 227 g/mol. The van der Waals surface area contributed by atoms with Crippen LogP contribution in [0.25, 0.3) is 0 Å². The molecule has 0 aliphatic heterocycles. The largest absolute Gasteiger partial charge is 0.478 e. The van der Waals surface area contributed by atoms with Crippen molar-refractivity contribution < 1.29 is 9.90 Å². The van der Waals surface area contributed by atoms with Gasteiger partial charge in [0.05, 0.1) is 0 Å². The molecule has 1 atom stereocenters. The molecule has 0 heterocycles.